The van der Waals surface area contributed by atoms with Gasteiger partial charge in [0.15, 0.2) is 0 Å². The lowest BCUT2D eigenvalue weighted by atomic mass is 10.1. The van der Waals surface area contributed by atoms with Gasteiger partial charge in [-0.3, -0.25) is 4.98 Å². The van der Waals surface area contributed by atoms with Crippen molar-refractivity contribution in [3.63, 3.8) is 0 Å². The Morgan fingerprint density at radius 2 is 1.84 bits per heavy atom. The van der Waals surface area contributed by atoms with Crippen LogP contribution in [0.2, 0.25) is 0 Å². The SMILES string of the molecule is CN(C)CCN(C)c1snc(N)c1-c1ccncc1. The van der Waals surface area contributed by atoms with Gasteiger partial charge in [0.2, 0.25) is 0 Å². The molecule has 2 aromatic heterocycles. The Bertz CT molecular complexity index is 523. The minimum atomic E-state index is 0.586. The first-order valence-corrected chi connectivity index (χ1v) is 6.88. The van der Waals surface area contributed by atoms with E-state index in [0.717, 1.165) is 29.2 Å². The van der Waals surface area contributed by atoms with Crippen LogP contribution in [0.4, 0.5) is 10.8 Å². The molecule has 0 aliphatic heterocycles. The van der Waals surface area contributed by atoms with E-state index in [1.54, 1.807) is 12.4 Å². The van der Waals surface area contributed by atoms with Crippen LogP contribution in [0.25, 0.3) is 11.1 Å². The van der Waals surface area contributed by atoms with Crippen LogP contribution < -0.4 is 10.6 Å². The molecule has 6 heteroatoms. The molecule has 0 aromatic carbocycles. The van der Waals surface area contributed by atoms with Gasteiger partial charge in [-0.25, -0.2) is 0 Å². The van der Waals surface area contributed by atoms with E-state index in [2.05, 4.69) is 40.3 Å². The molecule has 0 bridgehead atoms. The third kappa shape index (κ3) is 3.21. The molecule has 0 fully saturated rings. The van der Waals surface area contributed by atoms with Gasteiger partial charge < -0.3 is 15.5 Å². The fourth-order valence-corrected chi connectivity index (χ4v) is 2.62. The molecule has 5 nitrogen and oxygen atoms in total. The number of nitrogen functional groups attached to an aromatic ring is 1. The van der Waals surface area contributed by atoms with Crippen LogP contribution >= 0.6 is 11.5 Å². The van der Waals surface area contributed by atoms with Crippen molar-refractivity contribution >= 4 is 22.4 Å². The number of hydrogen-bond donors (Lipinski definition) is 1. The van der Waals surface area contributed by atoms with E-state index in [1.807, 2.05) is 12.1 Å². The van der Waals surface area contributed by atoms with Crippen molar-refractivity contribution in [2.24, 2.45) is 0 Å². The Morgan fingerprint density at radius 3 is 2.47 bits per heavy atom. The molecule has 0 spiro atoms. The van der Waals surface area contributed by atoms with Gasteiger partial charge in [-0.15, -0.1) is 0 Å². The Labute approximate surface area is 117 Å². The van der Waals surface area contributed by atoms with E-state index in [-0.39, 0.29) is 0 Å². The lowest BCUT2D eigenvalue weighted by Crippen LogP contribution is -2.28. The van der Waals surface area contributed by atoms with Gasteiger partial charge in [-0.2, -0.15) is 4.37 Å². The molecule has 0 atom stereocenters. The third-order valence-corrected chi connectivity index (χ3v) is 3.88. The molecule has 2 heterocycles. The highest BCUT2D eigenvalue weighted by Gasteiger charge is 2.16. The van der Waals surface area contributed by atoms with E-state index >= 15 is 0 Å². The molecule has 0 radical (unpaired) electrons. The minimum Gasteiger partial charge on any atom is -0.382 e. The largest absolute Gasteiger partial charge is 0.382 e. The van der Waals surface area contributed by atoms with E-state index in [0.29, 0.717) is 5.82 Å². The zero-order chi connectivity index (χ0) is 13.8. The van der Waals surface area contributed by atoms with Crippen molar-refractivity contribution in [1.82, 2.24) is 14.3 Å². The summed E-state index contributed by atoms with van der Waals surface area (Å²) in [5.41, 5.74) is 8.08. The van der Waals surface area contributed by atoms with Crippen molar-refractivity contribution in [2.75, 3.05) is 44.9 Å². The smallest absolute Gasteiger partial charge is 0.147 e. The predicted octanol–water partition coefficient (Wildman–Crippen LogP) is 1.79. The number of nitrogens with two attached hydrogens (primary N) is 1. The normalized spacial score (nSPS) is 10.9. The molecule has 19 heavy (non-hydrogen) atoms. The lowest BCUT2D eigenvalue weighted by molar-refractivity contribution is 0.417. The Morgan fingerprint density at radius 1 is 1.16 bits per heavy atom. The summed E-state index contributed by atoms with van der Waals surface area (Å²) in [6.07, 6.45) is 3.55. The van der Waals surface area contributed by atoms with Crippen molar-refractivity contribution in [3.05, 3.63) is 24.5 Å². The standard InChI is InChI=1S/C13H19N5S/c1-17(2)8-9-18(3)13-11(12(14)16-19-13)10-4-6-15-7-5-10/h4-7H,8-9H2,1-3H3,(H2,14,16). The number of likely N-dealkylation sites (N-methyl/N-ethyl adjacent to an activating group) is 2. The quantitative estimate of drug-likeness (QED) is 0.903. The predicted molar refractivity (Wildman–Crippen MR) is 81.6 cm³/mol. The number of anilines is 2. The lowest BCUT2D eigenvalue weighted by Gasteiger charge is -2.21. The second kappa shape index (κ2) is 5.99. The number of aromatic nitrogens is 2. The average molecular weight is 277 g/mol. The van der Waals surface area contributed by atoms with E-state index in [9.17, 15) is 0 Å². The maximum absolute atomic E-state index is 6.01. The van der Waals surface area contributed by atoms with Crippen LogP contribution in [0.3, 0.4) is 0 Å². The van der Waals surface area contributed by atoms with Crippen LogP contribution in [0, 0.1) is 0 Å². The molecule has 102 valence electrons. The highest BCUT2D eigenvalue weighted by atomic mass is 32.1. The third-order valence-electron chi connectivity index (χ3n) is 2.90. The van der Waals surface area contributed by atoms with Gasteiger partial charge in [0.05, 0.1) is 5.56 Å². The molecule has 2 N–H and O–H groups in total. The second-order valence-electron chi connectivity index (χ2n) is 4.71. The molecule has 0 unspecified atom stereocenters. The first kappa shape index (κ1) is 13.8. The maximum Gasteiger partial charge on any atom is 0.147 e. The molecule has 2 aromatic rings. The Hall–Kier alpha value is -1.66. The molecule has 0 aliphatic rings. The molecule has 0 aliphatic carbocycles. The summed E-state index contributed by atoms with van der Waals surface area (Å²) in [6, 6.07) is 3.92. The van der Waals surface area contributed by atoms with Crippen LogP contribution in [0.5, 0.6) is 0 Å². The fourth-order valence-electron chi connectivity index (χ4n) is 1.80. The van der Waals surface area contributed by atoms with E-state index in [4.69, 9.17) is 5.73 Å². The summed E-state index contributed by atoms with van der Waals surface area (Å²) in [6.45, 7) is 1.93. The van der Waals surface area contributed by atoms with E-state index in [1.165, 1.54) is 11.5 Å². The fraction of sp³-hybridized carbons (Fsp3) is 0.385. The van der Waals surface area contributed by atoms with Crippen molar-refractivity contribution < 1.29 is 0 Å². The number of hydrogen-bond acceptors (Lipinski definition) is 6. The monoisotopic (exact) mass is 277 g/mol. The summed E-state index contributed by atoms with van der Waals surface area (Å²) in [4.78, 5) is 8.40. The van der Waals surface area contributed by atoms with Gasteiger partial charge in [-0.1, -0.05) is 0 Å². The van der Waals surface area contributed by atoms with Crippen LogP contribution in [0.15, 0.2) is 24.5 Å². The van der Waals surface area contributed by atoms with Gasteiger partial charge in [0.25, 0.3) is 0 Å². The summed E-state index contributed by atoms with van der Waals surface area (Å²) in [7, 11) is 6.21. The molecule has 0 saturated carbocycles. The molecule has 2 rings (SSSR count). The average Bonchev–Trinajstić information content (AvgIpc) is 2.79. The molecular weight excluding hydrogens is 258 g/mol. The van der Waals surface area contributed by atoms with Crippen molar-refractivity contribution in [3.8, 4) is 11.1 Å². The zero-order valence-corrected chi connectivity index (χ0v) is 12.3. The Balaban J connectivity index is 2.27. The maximum atomic E-state index is 6.01. The molecular formula is C13H19N5S. The second-order valence-corrected chi connectivity index (χ2v) is 5.46. The first-order chi connectivity index (χ1) is 9.09. The Kier molecular flexibility index (Phi) is 4.34. The van der Waals surface area contributed by atoms with Crippen molar-refractivity contribution in [1.29, 1.82) is 0 Å². The summed E-state index contributed by atoms with van der Waals surface area (Å²) in [5, 5.41) is 1.10. The summed E-state index contributed by atoms with van der Waals surface area (Å²) >= 11 is 1.44. The highest BCUT2D eigenvalue weighted by molar-refractivity contribution is 7.11. The van der Waals surface area contributed by atoms with Crippen LogP contribution in [0.1, 0.15) is 0 Å². The van der Waals surface area contributed by atoms with Gasteiger partial charge in [0.1, 0.15) is 10.8 Å². The summed E-state index contributed by atoms with van der Waals surface area (Å²) < 4.78 is 4.28. The minimum absolute atomic E-state index is 0.586. The molecule has 0 saturated heterocycles. The van der Waals surface area contributed by atoms with Crippen LogP contribution in [-0.4, -0.2) is 48.5 Å². The van der Waals surface area contributed by atoms with Gasteiger partial charge in [-0.05, 0) is 43.3 Å². The van der Waals surface area contributed by atoms with Gasteiger partial charge >= 0.3 is 0 Å². The topological polar surface area (TPSA) is 58.3 Å². The molecule has 0 amide bonds. The van der Waals surface area contributed by atoms with Gasteiger partial charge in [0, 0.05) is 32.5 Å². The summed E-state index contributed by atoms with van der Waals surface area (Å²) in [5.74, 6) is 0.586. The van der Waals surface area contributed by atoms with Crippen LogP contribution in [-0.2, 0) is 0 Å². The number of rotatable bonds is 5. The highest BCUT2D eigenvalue weighted by Crippen LogP contribution is 2.38. The van der Waals surface area contributed by atoms with Crippen molar-refractivity contribution in [2.45, 2.75) is 0 Å². The zero-order valence-electron chi connectivity index (χ0n) is 11.5. The van der Waals surface area contributed by atoms with E-state index < -0.39 is 0 Å². The number of nitrogens with zero attached hydrogens (tertiary/aromatic N) is 4. The number of pyridine rings is 1. The first-order valence-electron chi connectivity index (χ1n) is 6.11.